The molecule has 0 atom stereocenters. The van der Waals surface area contributed by atoms with Crippen molar-refractivity contribution in [3.05, 3.63) is 22.7 Å². The molecule has 1 fully saturated rings. The molecule has 0 amide bonds. The lowest BCUT2D eigenvalue weighted by Gasteiger charge is -2.27. The van der Waals surface area contributed by atoms with Gasteiger partial charge in [-0.2, -0.15) is 12.7 Å². The first-order valence-corrected chi connectivity index (χ1v) is 8.08. The third kappa shape index (κ3) is 3.59. The Morgan fingerprint density at radius 2 is 2.05 bits per heavy atom. The fourth-order valence-corrected chi connectivity index (χ4v) is 3.51. The Morgan fingerprint density at radius 1 is 1.37 bits per heavy atom. The molecule has 2 N–H and O–H groups in total. The summed E-state index contributed by atoms with van der Waals surface area (Å²) < 4.78 is 34.2. The zero-order chi connectivity index (χ0) is 13.9. The van der Waals surface area contributed by atoms with Crippen molar-refractivity contribution in [1.29, 1.82) is 0 Å². The van der Waals surface area contributed by atoms with Gasteiger partial charge in [0.2, 0.25) is 0 Å². The Labute approximate surface area is 121 Å². The standard InChI is InChI=1S/C11H16BrN3O3S/c1-18-9-2-3-10(12)11(8-9)14-19(16,17)15-6-4-13-5-7-15/h2-3,8,13-14H,4-7H2,1H3. The lowest BCUT2D eigenvalue weighted by atomic mass is 10.3. The van der Waals surface area contributed by atoms with Gasteiger partial charge in [0.05, 0.1) is 12.8 Å². The highest BCUT2D eigenvalue weighted by molar-refractivity contribution is 9.10. The molecule has 1 aromatic carbocycles. The molecule has 1 saturated heterocycles. The molecular formula is C11H16BrN3O3S. The zero-order valence-electron chi connectivity index (χ0n) is 10.5. The van der Waals surface area contributed by atoms with Crippen LogP contribution in [0.3, 0.4) is 0 Å². The van der Waals surface area contributed by atoms with Crippen molar-refractivity contribution in [2.24, 2.45) is 0 Å². The van der Waals surface area contributed by atoms with E-state index in [9.17, 15) is 8.42 Å². The maximum absolute atomic E-state index is 12.2. The number of rotatable bonds is 4. The quantitative estimate of drug-likeness (QED) is 0.851. The van der Waals surface area contributed by atoms with Crippen LogP contribution in [0.5, 0.6) is 5.75 Å². The van der Waals surface area contributed by atoms with Gasteiger partial charge in [0.1, 0.15) is 5.75 Å². The molecule has 1 aliphatic heterocycles. The first-order valence-electron chi connectivity index (χ1n) is 5.85. The average Bonchev–Trinajstić information content (AvgIpc) is 2.42. The molecule has 1 aliphatic rings. The molecule has 0 aliphatic carbocycles. The highest BCUT2D eigenvalue weighted by atomic mass is 79.9. The van der Waals surface area contributed by atoms with E-state index in [1.165, 1.54) is 11.4 Å². The first kappa shape index (κ1) is 14.6. The van der Waals surface area contributed by atoms with Gasteiger partial charge in [0.15, 0.2) is 0 Å². The molecule has 2 rings (SSSR count). The summed E-state index contributed by atoms with van der Waals surface area (Å²) in [4.78, 5) is 0. The molecule has 106 valence electrons. The number of ether oxygens (including phenoxy) is 1. The van der Waals surface area contributed by atoms with Crippen LogP contribution in [0, 0.1) is 0 Å². The number of methoxy groups -OCH3 is 1. The van der Waals surface area contributed by atoms with Crippen molar-refractivity contribution in [2.45, 2.75) is 0 Å². The molecule has 0 bridgehead atoms. The fourth-order valence-electron chi connectivity index (χ4n) is 1.80. The Morgan fingerprint density at radius 3 is 2.68 bits per heavy atom. The summed E-state index contributed by atoms with van der Waals surface area (Å²) in [5.41, 5.74) is 0.470. The van der Waals surface area contributed by atoms with Gasteiger partial charge in [-0.3, -0.25) is 4.72 Å². The van der Waals surface area contributed by atoms with E-state index in [1.54, 1.807) is 18.2 Å². The van der Waals surface area contributed by atoms with Crippen molar-refractivity contribution in [3.63, 3.8) is 0 Å². The number of benzene rings is 1. The molecule has 0 radical (unpaired) electrons. The van der Waals surface area contributed by atoms with Crippen LogP contribution in [0.1, 0.15) is 0 Å². The van der Waals surface area contributed by atoms with Gasteiger partial charge in [0.25, 0.3) is 0 Å². The summed E-state index contributed by atoms with van der Waals surface area (Å²) in [5.74, 6) is 0.598. The minimum absolute atomic E-state index is 0.469. The third-order valence-corrected chi connectivity index (χ3v) is 5.04. The zero-order valence-corrected chi connectivity index (χ0v) is 12.9. The Bertz CT molecular complexity index is 544. The molecule has 1 aromatic rings. The summed E-state index contributed by atoms with van der Waals surface area (Å²) >= 11 is 3.32. The van der Waals surface area contributed by atoms with Crippen LogP contribution in [0.2, 0.25) is 0 Å². The van der Waals surface area contributed by atoms with Gasteiger partial charge in [-0.05, 0) is 28.1 Å². The van der Waals surface area contributed by atoms with Crippen molar-refractivity contribution in [3.8, 4) is 5.75 Å². The second kappa shape index (κ2) is 6.08. The number of hydrogen-bond donors (Lipinski definition) is 2. The predicted molar refractivity (Wildman–Crippen MR) is 77.7 cm³/mol. The molecular weight excluding hydrogens is 334 g/mol. The van der Waals surface area contributed by atoms with Crippen molar-refractivity contribution >= 4 is 31.8 Å². The number of halogens is 1. The number of nitrogens with zero attached hydrogens (tertiary/aromatic N) is 1. The van der Waals surface area contributed by atoms with Crippen molar-refractivity contribution in [1.82, 2.24) is 9.62 Å². The number of nitrogens with one attached hydrogen (secondary N) is 2. The molecule has 0 aromatic heterocycles. The Hall–Kier alpha value is -0.830. The monoisotopic (exact) mass is 349 g/mol. The summed E-state index contributed by atoms with van der Waals surface area (Å²) in [6.07, 6.45) is 0. The van der Waals surface area contributed by atoms with Crippen LogP contribution < -0.4 is 14.8 Å². The second-order valence-electron chi connectivity index (χ2n) is 4.10. The van der Waals surface area contributed by atoms with E-state index in [4.69, 9.17) is 4.74 Å². The largest absolute Gasteiger partial charge is 0.497 e. The van der Waals surface area contributed by atoms with Gasteiger partial charge in [-0.1, -0.05) is 0 Å². The van der Waals surface area contributed by atoms with E-state index in [-0.39, 0.29) is 0 Å². The summed E-state index contributed by atoms with van der Waals surface area (Å²) in [6.45, 7) is 2.27. The second-order valence-corrected chi connectivity index (χ2v) is 6.63. The normalized spacial score (nSPS) is 17.2. The van der Waals surface area contributed by atoms with Crippen LogP contribution in [0.4, 0.5) is 5.69 Å². The first-order chi connectivity index (χ1) is 9.03. The van der Waals surface area contributed by atoms with Crippen LogP contribution in [0.25, 0.3) is 0 Å². The number of piperazine rings is 1. The topological polar surface area (TPSA) is 70.7 Å². The number of hydrogen-bond acceptors (Lipinski definition) is 4. The maximum atomic E-state index is 12.2. The maximum Gasteiger partial charge on any atom is 0.301 e. The molecule has 8 heteroatoms. The van der Waals surface area contributed by atoms with E-state index in [0.29, 0.717) is 42.1 Å². The van der Waals surface area contributed by atoms with E-state index >= 15 is 0 Å². The fraction of sp³-hybridized carbons (Fsp3) is 0.455. The van der Waals surface area contributed by atoms with E-state index in [0.717, 1.165) is 0 Å². The van der Waals surface area contributed by atoms with Gasteiger partial charge in [-0.15, -0.1) is 0 Å². The van der Waals surface area contributed by atoms with Gasteiger partial charge in [0, 0.05) is 36.7 Å². The van der Waals surface area contributed by atoms with Gasteiger partial charge in [-0.25, -0.2) is 0 Å². The number of anilines is 1. The smallest absolute Gasteiger partial charge is 0.301 e. The lowest BCUT2D eigenvalue weighted by Crippen LogP contribution is -2.48. The van der Waals surface area contributed by atoms with Crippen LogP contribution in [-0.4, -0.2) is 46.0 Å². The van der Waals surface area contributed by atoms with E-state index < -0.39 is 10.2 Å². The third-order valence-electron chi connectivity index (χ3n) is 2.83. The molecule has 19 heavy (non-hydrogen) atoms. The molecule has 0 saturated carbocycles. The lowest BCUT2D eigenvalue weighted by molar-refractivity contribution is 0.362. The Balaban J connectivity index is 2.19. The van der Waals surface area contributed by atoms with Crippen LogP contribution >= 0.6 is 15.9 Å². The van der Waals surface area contributed by atoms with Crippen molar-refractivity contribution in [2.75, 3.05) is 38.0 Å². The van der Waals surface area contributed by atoms with E-state index in [1.807, 2.05) is 0 Å². The van der Waals surface area contributed by atoms with Crippen LogP contribution in [0.15, 0.2) is 22.7 Å². The highest BCUT2D eigenvalue weighted by Gasteiger charge is 2.24. The van der Waals surface area contributed by atoms with Gasteiger partial charge < -0.3 is 10.1 Å². The highest BCUT2D eigenvalue weighted by Crippen LogP contribution is 2.28. The minimum Gasteiger partial charge on any atom is -0.497 e. The molecule has 1 heterocycles. The predicted octanol–water partition coefficient (Wildman–Crippen LogP) is 1.02. The van der Waals surface area contributed by atoms with E-state index in [2.05, 4.69) is 26.0 Å². The summed E-state index contributed by atoms with van der Waals surface area (Å²) in [5, 5.41) is 3.12. The molecule has 0 spiro atoms. The van der Waals surface area contributed by atoms with Gasteiger partial charge >= 0.3 is 10.2 Å². The van der Waals surface area contributed by atoms with Crippen LogP contribution in [-0.2, 0) is 10.2 Å². The van der Waals surface area contributed by atoms with Crippen molar-refractivity contribution < 1.29 is 13.2 Å². The Kier molecular flexibility index (Phi) is 4.67. The SMILES string of the molecule is COc1ccc(Br)c(NS(=O)(=O)N2CCNCC2)c1. The summed E-state index contributed by atoms with van der Waals surface area (Å²) in [7, 11) is -1.99. The molecule has 0 unspecified atom stereocenters. The minimum atomic E-state index is -3.53. The average molecular weight is 350 g/mol. The summed E-state index contributed by atoms with van der Waals surface area (Å²) in [6, 6.07) is 5.14. The molecule has 6 nitrogen and oxygen atoms in total.